The molecule has 3 aromatic heterocycles. The van der Waals surface area contributed by atoms with Crippen molar-refractivity contribution in [1.82, 2.24) is 24.8 Å². The molecule has 1 saturated heterocycles. The Hall–Kier alpha value is -3.63. The zero-order chi connectivity index (χ0) is 23.2. The first-order valence-electron chi connectivity index (χ1n) is 10.2. The number of carbonyl (C=O) groups is 1. The van der Waals surface area contributed by atoms with Crippen LogP contribution in [0.3, 0.4) is 0 Å². The Morgan fingerprint density at radius 1 is 1.03 bits per heavy atom. The molecule has 0 radical (unpaired) electrons. The minimum Gasteiger partial charge on any atom is -0.472 e. The number of aromatic nitrogens is 4. The first-order chi connectivity index (χ1) is 15.8. The molecule has 33 heavy (non-hydrogen) atoms. The number of amides is 1. The third-order valence-electron chi connectivity index (χ3n) is 5.89. The van der Waals surface area contributed by atoms with Crippen LogP contribution in [0, 0.1) is 11.7 Å². The number of carbonyl (C=O) groups excluding carboxylic acids is 1. The van der Waals surface area contributed by atoms with Gasteiger partial charge in [0.1, 0.15) is 11.8 Å². The predicted octanol–water partition coefficient (Wildman–Crippen LogP) is 3.77. The van der Waals surface area contributed by atoms with Gasteiger partial charge in [0.15, 0.2) is 11.6 Å². The maximum absolute atomic E-state index is 13.4. The van der Waals surface area contributed by atoms with E-state index in [1.165, 1.54) is 12.3 Å². The van der Waals surface area contributed by atoms with Gasteiger partial charge in [0.2, 0.25) is 5.88 Å². The molecular weight excluding hydrogens is 442 g/mol. The molecule has 1 saturated carbocycles. The van der Waals surface area contributed by atoms with E-state index in [4.69, 9.17) is 4.74 Å². The number of hydrogen-bond donors (Lipinski definition) is 0. The molecule has 2 aliphatic rings. The second-order valence-corrected chi connectivity index (χ2v) is 8.03. The summed E-state index contributed by atoms with van der Waals surface area (Å²) in [6, 6.07) is 5.11. The summed E-state index contributed by atoms with van der Waals surface area (Å²) >= 11 is 0. The van der Waals surface area contributed by atoms with Gasteiger partial charge in [0.05, 0.1) is 29.6 Å². The summed E-state index contributed by atoms with van der Waals surface area (Å²) in [6.45, 7) is 0.518. The maximum Gasteiger partial charge on any atom is 0.417 e. The number of halogens is 4. The Bertz CT molecular complexity index is 1170. The van der Waals surface area contributed by atoms with Gasteiger partial charge in [0.25, 0.3) is 5.91 Å². The number of piperidine rings is 1. The molecule has 0 spiro atoms. The molecule has 3 atom stereocenters. The maximum atomic E-state index is 13.4. The minimum atomic E-state index is -4.48. The lowest BCUT2D eigenvalue weighted by molar-refractivity contribution is -0.137. The molecule has 2 bridgehead atoms. The molecular formula is C22H17F4N5O2. The van der Waals surface area contributed by atoms with Crippen LogP contribution in [0.15, 0.2) is 49.1 Å². The van der Waals surface area contributed by atoms with Gasteiger partial charge in [-0.3, -0.25) is 9.78 Å². The van der Waals surface area contributed by atoms with Crippen molar-refractivity contribution in [2.45, 2.75) is 31.2 Å². The van der Waals surface area contributed by atoms with Crippen molar-refractivity contribution in [3.05, 3.63) is 66.1 Å². The highest BCUT2D eigenvalue weighted by molar-refractivity contribution is 5.98. The number of nitrogens with zero attached hydrogens (tertiary/aromatic N) is 5. The standard InChI is InChI=1S/C22H17F4N5O2/c23-14-9-29-20(30-10-14)15-2-1-5-27-19(15)21(32)31-11-12-6-16(31)17(7-12)33-18-4-3-13(8-28-18)22(24,25)26/h1-5,8-10,12,16-17H,6-7,11H2/t12-,16+,17-/m1/s1. The summed E-state index contributed by atoms with van der Waals surface area (Å²) in [6.07, 6.45) is 0.759. The fourth-order valence-electron chi connectivity index (χ4n) is 4.44. The van der Waals surface area contributed by atoms with Crippen LogP contribution in [-0.2, 0) is 6.18 Å². The van der Waals surface area contributed by atoms with Crippen molar-refractivity contribution in [3.8, 4) is 17.3 Å². The minimum absolute atomic E-state index is 0.0752. The van der Waals surface area contributed by atoms with Crippen LogP contribution in [0.4, 0.5) is 17.6 Å². The monoisotopic (exact) mass is 459 g/mol. The number of likely N-dealkylation sites (tertiary alicyclic amines) is 1. The fraction of sp³-hybridized carbons (Fsp3) is 0.318. The molecule has 7 nitrogen and oxygen atoms in total. The van der Waals surface area contributed by atoms with Crippen LogP contribution >= 0.6 is 0 Å². The van der Waals surface area contributed by atoms with E-state index >= 15 is 0 Å². The summed E-state index contributed by atoms with van der Waals surface area (Å²) in [5.74, 6) is -0.471. The molecule has 1 aliphatic heterocycles. The lowest BCUT2D eigenvalue weighted by Crippen LogP contribution is -2.47. The topological polar surface area (TPSA) is 81.1 Å². The Labute approximate surface area is 185 Å². The number of pyridine rings is 2. The number of hydrogen-bond acceptors (Lipinski definition) is 6. The van der Waals surface area contributed by atoms with Crippen LogP contribution in [0.25, 0.3) is 11.4 Å². The highest BCUT2D eigenvalue weighted by atomic mass is 19.4. The zero-order valence-corrected chi connectivity index (χ0v) is 17.0. The molecule has 0 N–H and O–H groups in total. The van der Waals surface area contributed by atoms with Crippen LogP contribution in [0.1, 0.15) is 28.9 Å². The smallest absolute Gasteiger partial charge is 0.417 e. The van der Waals surface area contributed by atoms with Crippen molar-refractivity contribution < 1.29 is 27.1 Å². The summed E-state index contributed by atoms with van der Waals surface area (Å²) < 4.78 is 57.4. The van der Waals surface area contributed by atoms with Crippen LogP contribution < -0.4 is 4.74 Å². The van der Waals surface area contributed by atoms with E-state index in [-0.39, 0.29) is 35.3 Å². The van der Waals surface area contributed by atoms with E-state index < -0.39 is 23.7 Å². The van der Waals surface area contributed by atoms with Crippen LogP contribution in [0.2, 0.25) is 0 Å². The first kappa shape index (κ1) is 21.2. The number of ether oxygens (including phenoxy) is 1. The molecule has 5 rings (SSSR count). The van der Waals surface area contributed by atoms with E-state index in [9.17, 15) is 22.4 Å². The van der Waals surface area contributed by atoms with Gasteiger partial charge in [-0.2, -0.15) is 13.2 Å². The molecule has 11 heteroatoms. The lowest BCUT2D eigenvalue weighted by Gasteiger charge is -2.33. The van der Waals surface area contributed by atoms with Crippen molar-refractivity contribution >= 4 is 5.91 Å². The van der Waals surface area contributed by atoms with E-state index in [1.807, 2.05) is 0 Å². The Kier molecular flexibility index (Phi) is 5.18. The van der Waals surface area contributed by atoms with E-state index in [0.29, 0.717) is 24.9 Å². The third-order valence-corrected chi connectivity index (χ3v) is 5.89. The van der Waals surface area contributed by atoms with Crippen LogP contribution in [-0.4, -0.2) is 49.4 Å². The van der Waals surface area contributed by atoms with Gasteiger partial charge in [-0.25, -0.2) is 19.3 Å². The highest BCUT2D eigenvalue weighted by Gasteiger charge is 2.49. The predicted molar refractivity (Wildman–Crippen MR) is 106 cm³/mol. The van der Waals surface area contributed by atoms with Crippen molar-refractivity contribution in [2.24, 2.45) is 5.92 Å². The molecule has 0 unspecified atom stereocenters. The van der Waals surface area contributed by atoms with Gasteiger partial charge >= 0.3 is 6.18 Å². The highest BCUT2D eigenvalue weighted by Crippen LogP contribution is 2.41. The lowest BCUT2D eigenvalue weighted by atomic mass is 10.1. The van der Waals surface area contributed by atoms with Gasteiger partial charge in [-0.1, -0.05) is 0 Å². The Balaban J connectivity index is 1.35. The van der Waals surface area contributed by atoms with E-state index in [0.717, 1.165) is 24.7 Å². The second-order valence-electron chi connectivity index (χ2n) is 8.03. The Morgan fingerprint density at radius 2 is 1.82 bits per heavy atom. The fourth-order valence-corrected chi connectivity index (χ4v) is 4.44. The van der Waals surface area contributed by atoms with Crippen molar-refractivity contribution in [2.75, 3.05) is 6.54 Å². The molecule has 3 aromatic rings. The Morgan fingerprint density at radius 3 is 2.48 bits per heavy atom. The molecule has 1 amide bonds. The first-order valence-corrected chi connectivity index (χ1v) is 10.2. The van der Waals surface area contributed by atoms with Crippen LogP contribution in [0.5, 0.6) is 5.88 Å². The number of alkyl halides is 3. The summed E-state index contributed by atoms with van der Waals surface area (Å²) in [7, 11) is 0. The van der Waals surface area contributed by atoms with Gasteiger partial charge in [0, 0.05) is 25.0 Å². The molecule has 1 aliphatic carbocycles. The number of fused-ring (bicyclic) bond motifs is 2. The SMILES string of the molecule is O=C(c1ncccc1-c1ncc(F)cn1)N1C[C@H]2C[C@@H](Oc3ccc(C(F)(F)F)cn3)[C@@H]1C2. The largest absolute Gasteiger partial charge is 0.472 e. The third kappa shape index (κ3) is 4.10. The van der Waals surface area contributed by atoms with E-state index in [2.05, 4.69) is 19.9 Å². The van der Waals surface area contributed by atoms with Crippen molar-refractivity contribution in [3.63, 3.8) is 0 Å². The molecule has 2 fully saturated rings. The summed E-state index contributed by atoms with van der Waals surface area (Å²) in [5.41, 5.74) is -0.333. The average Bonchev–Trinajstić information content (AvgIpc) is 3.40. The summed E-state index contributed by atoms with van der Waals surface area (Å²) in [4.78, 5) is 31.0. The molecule has 4 heterocycles. The summed E-state index contributed by atoms with van der Waals surface area (Å²) in [5, 5.41) is 0. The van der Waals surface area contributed by atoms with Gasteiger partial charge in [-0.05, 0) is 37.0 Å². The normalized spacial score (nSPS) is 21.9. The van der Waals surface area contributed by atoms with Gasteiger partial charge < -0.3 is 9.64 Å². The molecule has 0 aromatic carbocycles. The zero-order valence-electron chi connectivity index (χ0n) is 17.0. The van der Waals surface area contributed by atoms with Crippen molar-refractivity contribution in [1.29, 1.82) is 0 Å². The van der Waals surface area contributed by atoms with Gasteiger partial charge in [-0.15, -0.1) is 0 Å². The average molecular weight is 459 g/mol. The second kappa shape index (κ2) is 8.05. The van der Waals surface area contributed by atoms with E-state index in [1.54, 1.807) is 17.0 Å². The molecule has 170 valence electrons. The quantitative estimate of drug-likeness (QED) is 0.553. The number of rotatable bonds is 4.